The van der Waals surface area contributed by atoms with Gasteiger partial charge in [-0.1, -0.05) is 30.0 Å². The van der Waals surface area contributed by atoms with Gasteiger partial charge in [-0.3, -0.25) is 19.3 Å². The molecule has 300 valence electrons. The Morgan fingerprint density at radius 3 is 2.17 bits per heavy atom. The second-order valence-corrected chi connectivity index (χ2v) is 14.7. The summed E-state index contributed by atoms with van der Waals surface area (Å²) in [5, 5.41) is 92.6. The number of thioether (sulfide) groups is 1. The fraction of sp³-hybridized carbons (Fsp3) is 0.216. The molecule has 4 aromatic carbocycles. The van der Waals surface area contributed by atoms with Gasteiger partial charge in [0.2, 0.25) is 23.5 Å². The molecule has 3 unspecified atom stereocenters. The van der Waals surface area contributed by atoms with Crippen LogP contribution in [0, 0.1) is 11.8 Å². The van der Waals surface area contributed by atoms with Crippen LogP contribution in [0.3, 0.4) is 0 Å². The Morgan fingerprint density at radius 1 is 0.897 bits per heavy atom. The minimum atomic E-state index is -3.60. The van der Waals surface area contributed by atoms with Crippen molar-refractivity contribution < 1.29 is 69.8 Å². The lowest BCUT2D eigenvalue weighted by Gasteiger charge is -2.38. The first kappa shape index (κ1) is 43.3. The number of hydrogen-bond donors (Lipinski definition) is 11. The van der Waals surface area contributed by atoms with Gasteiger partial charge in [0, 0.05) is 28.8 Å². The number of phenolic OH excluding ortho intramolecular Hbond substituents is 3. The number of amides is 3. The van der Waals surface area contributed by atoms with Crippen molar-refractivity contribution in [3.63, 3.8) is 0 Å². The van der Waals surface area contributed by atoms with Crippen molar-refractivity contribution >= 4 is 69.6 Å². The SMILES string of the molecule is Bc1c(B)c(O)c(C#Cc2ccc(C3SC(CC(=O)NC(B)(O)C(O)(O)c4ccc(OC(O)(O)O)c(OCC)c4)C(=O)N3c3cccc(C(N)=O)c3)cc2)c(O)c1O. The van der Waals surface area contributed by atoms with Gasteiger partial charge in [-0.05, 0) is 71.9 Å². The molecule has 58 heavy (non-hydrogen) atoms. The summed E-state index contributed by atoms with van der Waals surface area (Å²) in [6, 6.07) is 15.5. The summed E-state index contributed by atoms with van der Waals surface area (Å²) in [4.78, 5) is 40.9. The minimum absolute atomic E-state index is 0.0150. The summed E-state index contributed by atoms with van der Waals surface area (Å²) >= 11 is 1.06. The van der Waals surface area contributed by atoms with Gasteiger partial charge in [0.15, 0.2) is 36.5 Å². The molecule has 1 saturated heterocycles. The van der Waals surface area contributed by atoms with Gasteiger partial charge in [0.1, 0.15) is 32.4 Å². The highest BCUT2D eigenvalue weighted by atomic mass is 32.2. The van der Waals surface area contributed by atoms with Gasteiger partial charge >= 0.3 is 6.16 Å². The van der Waals surface area contributed by atoms with E-state index in [9.17, 15) is 60.3 Å². The van der Waals surface area contributed by atoms with Crippen molar-refractivity contribution in [2.45, 2.75) is 41.5 Å². The van der Waals surface area contributed by atoms with Crippen LogP contribution in [0.5, 0.6) is 28.7 Å². The van der Waals surface area contributed by atoms with Crippen LogP contribution >= 0.6 is 11.8 Å². The molecule has 4 aromatic rings. The Hall–Kier alpha value is -5.85. The number of nitrogens with zero attached hydrogens (tertiary/aromatic N) is 1. The van der Waals surface area contributed by atoms with E-state index in [0.29, 0.717) is 22.1 Å². The van der Waals surface area contributed by atoms with E-state index in [-0.39, 0.29) is 34.9 Å². The van der Waals surface area contributed by atoms with Crippen molar-refractivity contribution in [1.82, 2.24) is 5.32 Å². The molecule has 1 aliphatic rings. The van der Waals surface area contributed by atoms with E-state index in [1.165, 1.54) is 30.9 Å². The Bertz CT molecular complexity index is 2300. The van der Waals surface area contributed by atoms with Crippen LogP contribution in [-0.4, -0.2) is 111 Å². The summed E-state index contributed by atoms with van der Waals surface area (Å²) in [5.41, 5.74) is 4.11. The second kappa shape index (κ2) is 16.6. The minimum Gasteiger partial charge on any atom is -0.507 e. The van der Waals surface area contributed by atoms with E-state index in [4.69, 9.17) is 10.5 Å². The van der Waals surface area contributed by atoms with Crippen LogP contribution in [-0.2, 0) is 15.4 Å². The maximum atomic E-state index is 14.1. The molecule has 5 rings (SSSR count). The van der Waals surface area contributed by atoms with Crippen molar-refractivity contribution in [3.05, 3.63) is 94.5 Å². The number of aromatic hydroxyl groups is 3. The number of benzene rings is 4. The number of primary amides is 1. The van der Waals surface area contributed by atoms with E-state index in [0.717, 1.165) is 37.8 Å². The average molecular weight is 813 g/mol. The smallest absolute Gasteiger partial charge is 0.453 e. The van der Waals surface area contributed by atoms with Crippen LogP contribution in [0.2, 0.25) is 0 Å². The van der Waals surface area contributed by atoms with E-state index < -0.39 is 75.1 Å². The van der Waals surface area contributed by atoms with Crippen LogP contribution in [0.4, 0.5) is 5.69 Å². The van der Waals surface area contributed by atoms with Gasteiger partial charge in [-0.25, -0.2) is 0 Å². The number of hydrogen-bond acceptors (Lipinski definition) is 15. The number of nitrogens with one attached hydrogen (secondary N) is 1. The van der Waals surface area contributed by atoms with Gasteiger partial charge < -0.3 is 66.5 Å². The molecule has 1 heterocycles. The predicted octanol–water partition coefficient (Wildman–Crippen LogP) is -4.05. The Balaban J connectivity index is 1.41. The fourth-order valence-electron chi connectivity index (χ4n) is 6.00. The number of aliphatic hydroxyl groups is 6. The summed E-state index contributed by atoms with van der Waals surface area (Å²) in [7, 11) is 3.99. The Morgan fingerprint density at radius 2 is 1.55 bits per heavy atom. The molecule has 1 aliphatic heterocycles. The molecule has 0 saturated carbocycles. The van der Waals surface area contributed by atoms with Gasteiger partial charge in [0.05, 0.1) is 11.9 Å². The summed E-state index contributed by atoms with van der Waals surface area (Å²) < 4.78 is 9.92. The zero-order valence-corrected chi connectivity index (χ0v) is 32.2. The van der Waals surface area contributed by atoms with Crippen molar-refractivity contribution in [3.8, 4) is 40.6 Å². The van der Waals surface area contributed by atoms with Gasteiger partial charge in [-0.2, -0.15) is 0 Å². The van der Waals surface area contributed by atoms with E-state index >= 15 is 0 Å². The number of rotatable bonds is 12. The zero-order valence-electron chi connectivity index (χ0n) is 31.4. The third kappa shape index (κ3) is 8.98. The van der Waals surface area contributed by atoms with Crippen LogP contribution in [0.1, 0.15) is 51.3 Å². The van der Waals surface area contributed by atoms with E-state index in [1.807, 2.05) is 0 Å². The average Bonchev–Trinajstić information content (AvgIpc) is 3.47. The molecule has 0 spiro atoms. The lowest BCUT2D eigenvalue weighted by Crippen LogP contribution is -2.63. The number of carbonyl (C=O) groups excluding carboxylic acids is 3. The first-order chi connectivity index (χ1) is 27.1. The molecule has 0 aliphatic carbocycles. The maximum Gasteiger partial charge on any atom is 0.453 e. The highest BCUT2D eigenvalue weighted by molar-refractivity contribution is 8.01. The van der Waals surface area contributed by atoms with Gasteiger partial charge in [0.25, 0.3) is 0 Å². The first-order valence-corrected chi connectivity index (χ1v) is 18.4. The molecule has 3 atom stereocenters. The van der Waals surface area contributed by atoms with E-state index in [1.54, 1.807) is 45.1 Å². The van der Waals surface area contributed by atoms with Crippen LogP contribution in [0.15, 0.2) is 66.7 Å². The van der Waals surface area contributed by atoms with Crippen LogP contribution < -0.4 is 36.3 Å². The van der Waals surface area contributed by atoms with E-state index in [2.05, 4.69) is 21.9 Å². The predicted molar refractivity (Wildman–Crippen MR) is 217 cm³/mol. The number of carbonyl (C=O) groups is 3. The molecule has 0 bridgehead atoms. The molecule has 3 amide bonds. The molecule has 0 radical (unpaired) electrons. The van der Waals surface area contributed by atoms with Crippen molar-refractivity contribution in [2.75, 3.05) is 11.5 Å². The molecule has 12 N–H and O–H groups in total. The summed E-state index contributed by atoms with van der Waals surface area (Å²) in [6.07, 6.45) is -4.17. The number of ether oxygens (including phenoxy) is 2. The zero-order chi connectivity index (χ0) is 42.9. The topological polar surface area (TPSA) is 293 Å². The quantitative estimate of drug-likeness (QED) is 0.0214. The molecule has 17 nitrogen and oxygen atoms in total. The van der Waals surface area contributed by atoms with Crippen molar-refractivity contribution in [2.24, 2.45) is 5.73 Å². The number of anilines is 1. The number of phenols is 3. The summed E-state index contributed by atoms with van der Waals surface area (Å²) in [6.45, 7) is 1.54. The fourth-order valence-corrected chi connectivity index (χ4v) is 7.45. The normalized spacial score (nSPS) is 16.5. The first-order valence-electron chi connectivity index (χ1n) is 17.4. The van der Waals surface area contributed by atoms with Gasteiger partial charge in [-0.15, -0.1) is 11.8 Å². The monoisotopic (exact) mass is 813 g/mol. The number of nitrogens with two attached hydrogens (primary N) is 1. The lowest BCUT2D eigenvalue weighted by molar-refractivity contribution is -0.419. The van der Waals surface area contributed by atoms with Crippen LogP contribution in [0.25, 0.3) is 0 Å². The Kier molecular flexibility index (Phi) is 12.4. The molecular formula is C37H38B3N3O14S. The molecular weight excluding hydrogens is 775 g/mol. The highest BCUT2D eigenvalue weighted by Crippen LogP contribution is 2.47. The maximum absolute atomic E-state index is 14.1. The molecule has 0 aromatic heterocycles. The Labute approximate surface area is 337 Å². The third-order valence-corrected chi connectivity index (χ3v) is 10.7. The standard InChI is InChI=1S/C37H38B3N3O14S/c1-2-56-24-15-20(11-13-23(24)57-37(53,54)55)35(50,51)36(40,52)42-26(44)16-25-33(49)43(21-5-3-4-19(14-21)32(41)48)34(58-25)18-9-6-17(7-10-18)8-12-22-29(45)27(38)28(39)31(47)30(22)46/h3-7,9-11,13-15,25,34,45-47,50-55H,2,16,38-40H2,1H3,(H2,41,48)(H,42,44). The molecule has 21 heteroatoms. The molecule has 1 fully saturated rings. The second-order valence-electron chi connectivity index (χ2n) is 13.4. The lowest BCUT2D eigenvalue weighted by atomic mass is 9.78. The highest BCUT2D eigenvalue weighted by Gasteiger charge is 2.49. The largest absolute Gasteiger partial charge is 0.507 e. The summed E-state index contributed by atoms with van der Waals surface area (Å²) in [5.74, 6) is -1.98. The van der Waals surface area contributed by atoms with Crippen molar-refractivity contribution in [1.29, 1.82) is 0 Å². The third-order valence-electron chi connectivity index (χ3n) is 9.27.